The average Bonchev–Trinajstić information content (AvgIpc) is 2.64. The fraction of sp³-hybridized carbons (Fsp3) is 0.682. The van der Waals surface area contributed by atoms with Gasteiger partial charge in [0.1, 0.15) is 0 Å². The molecule has 0 aromatic heterocycles. The molecule has 0 spiro atoms. The van der Waals surface area contributed by atoms with E-state index in [4.69, 9.17) is 5.73 Å². The van der Waals surface area contributed by atoms with Gasteiger partial charge in [-0.15, -0.1) is 0 Å². The Morgan fingerprint density at radius 2 is 1.73 bits per heavy atom. The number of hydrogen-bond acceptors (Lipinski definition) is 3. The fourth-order valence-electron chi connectivity index (χ4n) is 4.90. The van der Waals surface area contributed by atoms with Gasteiger partial charge in [-0.2, -0.15) is 0 Å². The van der Waals surface area contributed by atoms with E-state index < -0.39 is 0 Å². The van der Waals surface area contributed by atoms with Crippen LogP contribution in [0, 0.1) is 17.8 Å². The van der Waals surface area contributed by atoms with E-state index in [1.807, 2.05) is 0 Å². The number of nitrogens with two attached hydrogens (primary N) is 1. The molecule has 0 radical (unpaired) electrons. The zero-order valence-electron chi connectivity index (χ0n) is 16.4. The lowest BCUT2D eigenvalue weighted by Gasteiger charge is -2.43. The van der Waals surface area contributed by atoms with Crippen LogP contribution in [0.5, 0.6) is 0 Å². The first kappa shape index (κ1) is 19.4. The Balaban J connectivity index is 1.58. The smallest absolute Gasteiger partial charge is 0.223 e. The number of carbonyl (C=O) groups is 1. The van der Waals surface area contributed by atoms with E-state index in [9.17, 15) is 4.79 Å². The van der Waals surface area contributed by atoms with Gasteiger partial charge in [0, 0.05) is 25.0 Å². The topological polar surface area (TPSA) is 58.4 Å². The average molecular weight is 358 g/mol. The SMILES string of the molecule is CCN(CC)Cc1ccccc1CNC(=O)C1CC2CCCC(C1)C2N. The number of carbonyl (C=O) groups excluding carboxylic acids is 1. The maximum atomic E-state index is 12.8. The van der Waals surface area contributed by atoms with Gasteiger partial charge < -0.3 is 11.1 Å². The summed E-state index contributed by atoms with van der Waals surface area (Å²) < 4.78 is 0. The van der Waals surface area contributed by atoms with Gasteiger partial charge in [-0.3, -0.25) is 9.69 Å². The van der Waals surface area contributed by atoms with Crippen molar-refractivity contribution in [2.45, 2.75) is 65.1 Å². The predicted molar refractivity (Wildman–Crippen MR) is 106 cm³/mol. The van der Waals surface area contributed by atoms with Crippen LogP contribution in [0.25, 0.3) is 0 Å². The summed E-state index contributed by atoms with van der Waals surface area (Å²) in [6.45, 7) is 8.05. The van der Waals surface area contributed by atoms with Gasteiger partial charge in [-0.05, 0) is 61.7 Å². The minimum Gasteiger partial charge on any atom is -0.352 e. The van der Waals surface area contributed by atoms with E-state index in [0.717, 1.165) is 32.5 Å². The zero-order chi connectivity index (χ0) is 18.5. The summed E-state index contributed by atoms with van der Waals surface area (Å²) in [4.78, 5) is 15.2. The van der Waals surface area contributed by atoms with Crippen LogP contribution in [0.15, 0.2) is 24.3 Å². The first-order chi connectivity index (χ1) is 12.6. The quantitative estimate of drug-likeness (QED) is 0.787. The summed E-state index contributed by atoms with van der Waals surface area (Å²) in [5.41, 5.74) is 8.92. The molecule has 144 valence electrons. The molecule has 2 fully saturated rings. The van der Waals surface area contributed by atoms with E-state index >= 15 is 0 Å². The summed E-state index contributed by atoms with van der Waals surface area (Å²) in [6.07, 6.45) is 5.65. The number of nitrogens with one attached hydrogen (secondary N) is 1. The van der Waals surface area contributed by atoms with Crippen molar-refractivity contribution in [1.82, 2.24) is 10.2 Å². The summed E-state index contributed by atoms with van der Waals surface area (Å²) >= 11 is 0. The molecule has 2 unspecified atom stereocenters. The van der Waals surface area contributed by atoms with Crippen molar-refractivity contribution in [1.29, 1.82) is 0 Å². The van der Waals surface area contributed by atoms with Gasteiger partial charge in [0.15, 0.2) is 0 Å². The maximum Gasteiger partial charge on any atom is 0.223 e. The van der Waals surface area contributed by atoms with E-state index in [1.165, 1.54) is 30.4 Å². The van der Waals surface area contributed by atoms with Crippen molar-refractivity contribution in [3.63, 3.8) is 0 Å². The normalized spacial score (nSPS) is 28.2. The highest BCUT2D eigenvalue weighted by Gasteiger charge is 2.40. The van der Waals surface area contributed by atoms with Crippen LogP contribution < -0.4 is 11.1 Å². The first-order valence-corrected chi connectivity index (χ1v) is 10.4. The Hall–Kier alpha value is -1.39. The minimum absolute atomic E-state index is 0.153. The second kappa shape index (κ2) is 9.01. The van der Waals surface area contributed by atoms with Crippen LogP contribution in [-0.2, 0) is 17.9 Å². The second-order valence-electron chi connectivity index (χ2n) is 8.14. The lowest BCUT2D eigenvalue weighted by Crippen LogP contribution is -2.49. The Kier molecular flexibility index (Phi) is 6.71. The van der Waals surface area contributed by atoms with Crippen molar-refractivity contribution in [2.75, 3.05) is 13.1 Å². The van der Waals surface area contributed by atoms with Crippen LogP contribution >= 0.6 is 0 Å². The monoisotopic (exact) mass is 357 g/mol. The molecule has 0 saturated heterocycles. The molecule has 26 heavy (non-hydrogen) atoms. The molecule has 1 aromatic rings. The number of fused-ring (bicyclic) bond motifs is 2. The molecular weight excluding hydrogens is 322 g/mol. The maximum absolute atomic E-state index is 12.8. The van der Waals surface area contributed by atoms with Crippen molar-refractivity contribution >= 4 is 5.91 Å². The van der Waals surface area contributed by atoms with Crippen molar-refractivity contribution in [3.8, 4) is 0 Å². The molecule has 2 bridgehead atoms. The highest BCUT2D eigenvalue weighted by atomic mass is 16.1. The molecule has 0 heterocycles. The molecule has 1 amide bonds. The van der Waals surface area contributed by atoms with Crippen molar-refractivity contribution < 1.29 is 4.79 Å². The van der Waals surface area contributed by atoms with Crippen LogP contribution in [0.3, 0.4) is 0 Å². The van der Waals surface area contributed by atoms with Crippen molar-refractivity contribution in [2.24, 2.45) is 23.5 Å². The van der Waals surface area contributed by atoms with E-state index in [1.54, 1.807) is 0 Å². The van der Waals surface area contributed by atoms with Gasteiger partial charge in [0.2, 0.25) is 5.91 Å². The molecule has 2 aliphatic carbocycles. The molecule has 3 N–H and O–H groups in total. The van der Waals surface area contributed by atoms with Gasteiger partial charge in [-0.25, -0.2) is 0 Å². The molecule has 0 aliphatic heterocycles. The Bertz CT molecular complexity index is 585. The third-order valence-corrected chi connectivity index (χ3v) is 6.64. The largest absolute Gasteiger partial charge is 0.352 e. The van der Waals surface area contributed by atoms with Crippen molar-refractivity contribution in [3.05, 3.63) is 35.4 Å². The molecule has 3 rings (SSSR count). The Labute approximate surface area is 158 Å². The standard InChI is InChI=1S/C22H35N3O/c1-3-25(4-2)15-19-9-6-5-8-18(19)14-24-22(26)20-12-16-10-7-11-17(13-20)21(16)23/h5-6,8-9,16-17,20-21H,3-4,7,10-15,23H2,1-2H3,(H,24,26). The lowest BCUT2D eigenvalue weighted by atomic mass is 9.65. The molecule has 2 atom stereocenters. The van der Waals surface area contributed by atoms with Crippen LogP contribution in [0.2, 0.25) is 0 Å². The number of rotatable bonds is 7. The third kappa shape index (κ3) is 4.47. The second-order valence-corrected chi connectivity index (χ2v) is 8.14. The van der Waals surface area contributed by atoms with E-state index in [2.05, 4.69) is 48.3 Å². The number of amides is 1. The molecule has 1 aromatic carbocycles. The minimum atomic E-state index is 0.153. The number of nitrogens with zero attached hydrogens (tertiary/aromatic N) is 1. The summed E-state index contributed by atoms with van der Waals surface area (Å²) in [5, 5.41) is 3.22. The molecule has 4 heteroatoms. The van der Waals surface area contributed by atoms with Crippen LogP contribution in [0.4, 0.5) is 0 Å². The number of benzene rings is 1. The van der Waals surface area contributed by atoms with E-state index in [0.29, 0.717) is 24.4 Å². The zero-order valence-corrected chi connectivity index (χ0v) is 16.4. The lowest BCUT2D eigenvalue weighted by molar-refractivity contribution is -0.128. The van der Waals surface area contributed by atoms with Crippen LogP contribution in [0.1, 0.15) is 57.1 Å². The molecule has 2 aliphatic rings. The summed E-state index contributed by atoms with van der Waals surface area (Å²) in [6, 6.07) is 8.81. The highest BCUT2D eigenvalue weighted by Crippen LogP contribution is 2.41. The van der Waals surface area contributed by atoms with E-state index in [-0.39, 0.29) is 11.8 Å². The predicted octanol–water partition coefficient (Wildman–Crippen LogP) is 3.30. The summed E-state index contributed by atoms with van der Waals surface area (Å²) in [5.74, 6) is 1.48. The Morgan fingerprint density at radius 1 is 1.12 bits per heavy atom. The highest BCUT2D eigenvalue weighted by molar-refractivity contribution is 5.78. The number of hydrogen-bond donors (Lipinski definition) is 2. The molecular formula is C22H35N3O. The molecule has 2 saturated carbocycles. The van der Waals surface area contributed by atoms with Gasteiger partial charge in [0.05, 0.1) is 0 Å². The fourth-order valence-corrected chi connectivity index (χ4v) is 4.90. The van der Waals surface area contributed by atoms with Crippen LogP contribution in [-0.4, -0.2) is 29.9 Å². The van der Waals surface area contributed by atoms with Gasteiger partial charge in [-0.1, -0.05) is 44.5 Å². The third-order valence-electron chi connectivity index (χ3n) is 6.64. The summed E-state index contributed by atoms with van der Waals surface area (Å²) in [7, 11) is 0. The molecule has 4 nitrogen and oxygen atoms in total. The Morgan fingerprint density at radius 3 is 2.35 bits per heavy atom. The first-order valence-electron chi connectivity index (χ1n) is 10.4. The van der Waals surface area contributed by atoms with Gasteiger partial charge >= 0.3 is 0 Å². The van der Waals surface area contributed by atoms with Gasteiger partial charge in [0.25, 0.3) is 0 Å².